The Morgan fingerprint density at radius 3 is 2.25 bits per heavy atom. The minimum absolute atomic E-state index is 0.0422. The van der Waals surface area contributed by atoms with Crippen molar-refractivity contribution in [2.45, 2.75) is 6.42 Å². The lowest BCUT2D eigenvalue weighted by atomic mass is 10.1. The van der Waals surface area contributed by atoms with Gasteiger partial charge in [0.2, 0.25) is 5.91 Å². The first-order valence-corrected chi connectivity index (χ1v) is 9.26. The molecule has 2 aromatic carbocycles. The molecular formula is C20H16F2N2O3S. The van der Waals surface area contributed by atoms with Gasteiger partial charge in [-0.3, -0.25) is 19.3 Å². The van der Waals surface area contributed by atoms with Crippen LogP contribution >= 0.6 is 11.8 Å². The second kappa shape index (κ2) is 8.79. The minimum Gasteiger partial charge on any atom is -0.354 e. The summed E-state index contributed by atoms with van der Waals surface area (Å²) in [7, 11) is 0. The standard InChI is InChI=1S/C20H16F2N2O3S/c21-15-5-1-13(2-6-15)11-17-19(26)24(20(27)28-17)10-9-23-18(25)12-14-3-7-16(22)8-4-14/h1-8,11H,9-10,12H2,(H,23,25)/b17-11+. The molecule has 0 atom stereocenters. The van der Waals surface area contributed by atoms with Gasteiger partial charge in [-0.05, 0) is 53.2 Å². The van der Waals surface area contributed by atoms with Gasteiger partial charge in [-0.1, -0.05) is 24.3 Å². The molecule has 0 radical (unpaired) electrons. The topological polar surface area (TPSA) is 66.5 Å². The summed E-state index contributed by atoms with van der Waals surface area (Å²) in [5.41, 5.74) is 1.27. The maximum atomic E-state index is 13.0. The van der Waals surface area contributed by atoms with E-state index in [0.717, 1.165) is 16.7 Å². The van der Waals surface area contributed by atoms with Crippen molar-refractivity contribution >= 4 is 34.9 Å². The van der Waals surface area contributed by atoms with Crippen molar-refractivity contribution in [1.29, 1.82) is 0 Å². The third kappa shape index (κ3) is 5.04. The highest BCUT2D eigenvalue weighted by Gasteiger charge is 2.34. The summed E-state index contributed by atoms with van der Waals surface area (Å²) in [6, 6.07) is 11.2. The van der Waals surface area contributed by atoms with E-state index in [0.29, 0.717) is 11.1 Å². The van der Waals surface area contributed by atoms with Gasteiger partial charge in [0.15, 0.2) is 0 Å². The quantitative estimate of drug-likeness (QED) is 0.753. The molecule has 0 aliphatic carbocycles. The molecule has 0 saturated carbocycles. The molecule has 8 heteroatoms. The van der Waals surface area contributed by atoms with Gasteiger partial charge in [0.25, 0.3) is 11.1 Å². The predicted molar refractivity (Wildman–Crippen MR) is 102 cm³/mol. The highest BCUT2D eigenvalue weighted by atomic mass is 32.2. The van der Waals surface area contributed by atoms with E-state index in [1.54, 1.807) is 0 Å². The highest BCUT2D eigenvalue weighted by molar-refractivity contribution is 8.18. The van der Waals surface area contributed by atoms with E-state index in [1.807, 2.05) is 0 Å². The molecule has 5 nitrogen and oxygen atoms in total. The lowest BCUT2D eigenvalue weighted by Crippen LogP contribution is -2.37. The maximum Gasteiger partial charge on any atom is 0.293 e. The van der Waals surface area contributed by atoms with E-state index in [9.17, 15) is 23.2 Å². The van der Waals surface area contributed by atoms with Crippen LogP contribution in [0.4, 0.5) is 13.6 Å². The third-order valence-corrected chi connectivity index (χ3v) is 4.88. The average Bonchev–Trinajstić information content (AvgIpc) is 2.93. The number of benzene rings is 2. The largest absolute Gasteiger partial charge is 0.354 e. The van der Waals surface area contributed by atoms with E-state index < -0.39 is 11.1 Å². The predicted octanol–water partition coefficient (Wildman–Crippen LogP) is 3.36. The number of carbonyl (C=O) groups excluding carboxylic acids is 3. The Kier molecular flexibility index (Phi) is 6.20. The maximum absolute atomic E-state index is 13.0. The zero-order chi connectivity index (χ0) is 20.1. The SMILES string of the molecule is O=C(Cc1ccc(F)cc1)NCCN1C(=O)S/C(=C/c2ccc(F)cc2)C1=O. The lowest BCUT2D eigenvalue weighted by Gasteiger charge is -2.13. The summed E-state index contributed by atoms with van der Waals surface area (Å²) >= 11 is 0.800. The van der Waals surface area contributed by atoms with E-state index in [4.69, 9.17) is 0 Å². The molecule has 1 saturated heterocycles. The number of nitrogens with one attached hydrogen (secondary N) is 1. The number of hydrogen-bond acceptors (Lipinski definition) is 4. The minimum atomic E-state index is -0.452. The van der Waals surface area contributed by atoms with Crippen LogP contribution in [0, 0.1) is 11.6 Å². The van der Waals surface area contributed by atoms with Crippen molar-refractivity contribution in [3.63, 3.8) is 0 Å². The van der Waals surface area contributed by atoms with Crippen molar-refractivity contribution in [1.82, 2.24) is 10.2 Å². The Labute approximate surface area is 164 Å². The van der Waals surface area contributed by atoms with Gasteiger partial charge in [0, 0.05) is 13.1 Å². The molecule has 1 N–H and O–H groups in total. The van der Waals surface area contributed by atoms with E-state index >= 15 is 0 Å². The smallest absolute Gasteiger partial charge is 0.293 e. The Morgan fingerprint density at radius 1 is 1.00 bits per heavy atom. The van der Waals surface area contributed by atoms with Crippen LogP contribution in [-0.4, -0.2) is 35.0 Å². The molecular weight excluding hydrogens is 386 g/mol. The summed E-state index contributed by atoms with van der Waals surface area (Å²) in [5.74, 6) is -1.51. The molecule has 1 fully saturated rings. The molecule has 1 aliphatic rings. The van der Waals surface area contributed by atoms with Gasteiger partial charge in [-0.15, -0.1) is 0 Å². The zero-order valence-electron chi connectivity index (χ0n) is 14.7. The Hall–Kier alpha value is -3.00. The lowest BCUT2D eigenvalue weighted by molar-refractivity contribution is -0.124. The molecule has 0 unspecified atom stereocenters. The average molecular weight is 402 g/mol. The van der Waals surface area contributed by atoms with Crippen molar-refractivity contribution in [3.8, 4) is 0 Å². The fourth-order valence-electron chi connectivity index (χ4n) is 2.56. The molecule has 0 spiro atoms. The molecule has 144 valence electrons. The molecule has 0 bridgehead atoms. The number of thioether (sulfide) groups is 1. The van der Waals surface area contributed by atoms with Crippen molar-refractivity contribution in [2.75, 3.05) is 13.1 Å². The van der Waals surface area contributed by atoms with Crippen LogP contribution in [0.25, 0.3) is 6.08 Å². The Balaban J connectivity index is 1.52. The van der Waals surface area contributed by atoms with Gasteiger partial charge in [-0.2, -0.15) is 0 Å². The Bertz CT molecular complexity index is 927. The monoisotopic (exact) mass is 402 g/mol. The van der Waals surface area contributed by atoms with Crippen LogP contribution in [0.5, 0.6) is 0 Å². The van der Waals surface area contributed by atoms with Gasteiger partial charge in [0.1, 0.15) is 11.6 Å². The third-order valence-electron chi connectivity index (χ3n) is 3.98. The molecule has 3 rings (SSSR count). The first-order valence-electron chi connectivity index (χ1n) is 8.44. The summed E-state index contributed by atoms with van der Waals surface area (Å²) in [6.07, 6.45) is 1.60. The number of amides is 3. The molecule has 0 aromatic heterocycles. The molecule has 1 heterocycles. The van der Waals surface area contributed by atoms with Crippen LogP contribution in [0.1, 0.15) is 11.1 Å². The van der Waals surface area contributed by atoms with Crippen molar-refractivity contribution in [2.24, 2.45) is 0 Å². The normalized spacial score (nSPS) is 15.4. The summed E-state index contributed by atoms with van der Waals surface area (Å²) in [4.78, 5) is 37.7. The zero-order valence-corrected chi connectivity index (χ0v) is 15.5. The number of halogens is 2. The number of hydrogen-bond donors (Lipinski definition) is 1. The number of nitrogens with zero attached hydrogens (tertiary/aromatic N) is 1. The molecule has 28 heavy (non-hydrogen) atoms. The molecule has 1 aliphatic heterocycles. The van der Waals surface area contributed by atoms with Gasteiger partial charge < -0.3 is 5.32 Å². The van der Waals surface area contributed by atoms with E-state index in [2.05, 4.69) is 5.32 Å². The van der Waals surface area contributed by atoms with Crippen molar-refractivity contribution < 1.29 is 23.2 Å². The molecule has 3 amide bonds. The van der Waals surface area contributed by atoms with Crippen LogP contribution in [-0.2, 0) is 16.0 Å². The summed E-state index contributed by atoms with van der Waals surface area (Å²) in [5, 5.41) is 2.21. The van der Waals surface area contributed by atoms with Gasteiger partial charge >= 0.3 is 0 Å². The number of imide groups is 1. The fourth-order valence-corrected chi connectivity index (χ4v) is 3.43. The van der Waals surface area contributed by atoms with Crippen LogP contribution in [0.3, 0.4) is 0 Å². The van der Waals surface area contributed by atoms with Gasteiger partial charge in [0.05, 0.1) is 11.3 Å². The number of carbonyl (C=O) groups is 3. The van der Waals surface area contributed by atoms with Crippen LogP contribution in [0.15, 0.2) is 53.4 Å². The van der Waals surface area contributed by atoms with Crippen LogP contribution in [0.2, 0.25) is 0 Å². The first kappa shape index (κ1) is 19.8. The van der Waals surface area contributed by atoms with E-state index in [1.165, 1.54) is 54.6 Å². The Morgan fingerprint density at radius 2 is 1.61 bits per heavy atom. The van der Waals surface area contributed by atoms with Crippen molar-refractivity contribution in [3.05, 3.63) is 76.2 Å². The first-order chi connectivity index (χ1) is 13.4. The molecule has 2 aromatic rings. The summed E-state index contributed by atoms with van der Waals surface area (Å²) in [6.45, 7) is 0.155. The van der Waals surface area contributed by atoms with Crippen LogP contribution < -0.4 is 5.32 Å². The highest BCUT2D eigenvalue weighted by Crippen LogP contribution is 2.31. The fraction of sp³-hybridized carbons (Fsp3) is 0.150. The second-order valence-corrected chi connectivity index (χ2v) is 7.03. The van der Waals surface area contributed by atoms with Gasteiger partial charge in [-0.25, -0.2) is 8.78 Å². The second-order valence-electron chi connectivity index (χ2n) is 6.04. The number of rotatable bonds is 6. The summed E-state index contributed by atoms with van der Waals surface area (Å²) < 4.78 is 25.8. The van der Waals surface area contributed by atoms with E-state index in [-0.39, 0.29) is 42.0 Å².